The van der Waals surface area contributed by atoms with Gasteiger partial charge < -0.3 is 15.5 Å². The van der Waals surface area contributed by atoms with Gasteiger partial charge >= 0.3 is 0 Å². The highest BCUT2D eigenvalue weighted by Crippen LogP contribution is 2.19. The van der Waals surface area contributed by atoms with E-state index in [0.29, 0.717) is 39.5 Å². The van der Waals surface area contributed by atoms with E-state index in [0.717, 1.165) is 51.5 Å². The Bertz CT molecular complexity index is 1280. The molecule has 1 fully saturated rings. The highest BCUT2D eigenvalue weighted by atomic mass is 35.5. The van der Waals surface area contributed by atoms with Gasteiger partial charge in [-0.05, 0) is 18.6 Å². The van der Waals surface area contributed by atoms with Crippen LogP contribution >= 0.6 is 11.6 Å². The zero-order valence-electron chi connectivity index (χ0n) is 18.5. The minimum atomic E-state index is -0.0283. The average molecular weight is 471 g/mol. The Morgan fingerprint density at radius 1 is 1.18 bits per heavy atom. The van der Waals surface area contributed by atoms with E-state index in [1.807, 2.05) is 19.1 Å². The number of nitrogen functional groups attached to an aromatic ring is 1. The summed E-state index contributed by atoms with van der Waals surface area (Å²) >= 11 is 6.21. The van der Waals surface area contributed by atoms with Gasteiger partial charge in [-0.25, -0.2) is 19.9 Å². The number of benzene rings is 1. The molecule has 11 heteroatoms. The molecule has 1 aromatic carbocycles. The van der Waals surface area contributed by atoms with Crippen LogP contribution in [0.3, 0.4) is 0 Å². The highest BCUT2D eigenvalue weighted by molar-refractivity contribution is 6.35. The number of hydrogen-bond acceptors (Lipinski definition) is 8. The number of halogens is 1. The van der Waals surface area contributed by atoms with E-state index >= 15 is 0 Å². The van der Waals surface area contributed by atoms with Crippen molar-refractivity contribution in [1.82, 2.24) is 34.4 Å². The fraction of sp³-hybridized carbons (Fsp3) is 0.409. The van der Waals surface area contributed by atoms with Crippen LogP contribution in [-0.2, 0) is 17.7 Å². The molecule has 0 bridgehead atoms. The zero-order chi connectivity index (χ0) is 23.2. The molecule has 0 aliphatic carbocycles. The van der Waals surface area contributed by atoms with Gasteiger partial charge in [0.05, 0.1) is 35.5 Å². The number of aryl methyl sites for hydroxylation is 1. The number of nitrogens with two attached hydrogens (primary N) is 1. The van der Waals surface area contributed by atoms with E-state index in [2.05, 4.69) is 29.8 Å². The second kappa shape index (κ2) is 10.7. The van der Waals surface area contributed by atoms with Gasteiger partial charge in [0.1, 0.15) is 17.7 Å². The Morgan fingerprint density at radius 3 is 2.76 bits per heavy atom. The lowest BCUT2D eigenvalue weighted by Gasteiger charge is -2.26. The van der Waals surface area contributed by atoms with E-state index in [4.69, 9.17) is 22.1 Å². The number of fused-ring (bicyclic) bond motifs is 2. The lowest BCUT2D eigenvalue weighted by molar-refractivity contribution is 0.0369. The van der Waals surface area contributed by atoms with Crippen LogP contribution in [0.5, 0.6) is 0 Å². The Balaban J connectivity index is 0.000000214. The van der Waals surface area contributed by atoms with Gasteiger partial charge in [0, 0.05) is 32.6 Å². The molecular formula is C22H27ClN8O2. The van der Waals surface area contributed by atoms with Crippen molar-refractivity contribution in [1.29, 1.82) is 0 Å². The van der Waals surface area contributed by atoms with Crippen LogP contribution in [0.25, 0.3) is 22.1 Å². The standard InChI is InChI=1S/C17H22ClN3O2.C5H5N5/c1-2-15-19-14-6-3-5-13(18)16(14)17(22)21(15)8-4-7-20-9-11-23-12-10-20;6-4-3-5(9-1-7-3)10-2-8-4/h3,5-6H,2,4,7-12H2,1H3;1-2H,(H3,6,7,8,9,10). The first-order valence-electron chi connectivity index (χ1n) is 11.0. The number of rotatable bonds is 5. The van der Waals surface area contributed by atoms with Gasteiger partial charge in [-0.1, -0.05) is 24.6 Å². The normalized spacial score (nSPS) is 14.4. The Morgan fingerprint density at radius 2 is 2.00 bits per heavy atom. The van der Waals surface area contributed by atoms with Crippen molar-refractivity contribution in [2.24, 2.45) is 0 Å². The quantitative estimate of drug-likeness (QED) is 0.454. The summed E-state index contributed by atoms with van der Waals surface area (Å²) in [6.45, 7) is 7.21. The van der Waals surface area contributed by atoms with Crippen molar-refractivity contribution in [2.75, 3.05) is 38.6 Å². The predicted molar refractivity (Wildman–Crippen MR) is 128 cm³/mol. The smallest absolute Gasteiger partial charge is 0.262 e. The van der Waals surface area contributed by atoms with E-state index in [1.165, 1.54) is 12.7 Å². The molecule has 0 radical (unpaired) electrons. The molecule has 4 aromatic rings. The fourth-order valence-corrected chi connectivity index (χ4v) is 4.08. The van der Waals surface area contributed by atoms with Crippen LogP contribution in [0, 0.1) is 0 Å². The second-order valence-electron chi connectivity index (χ2n) is 7.64. The van der Waals surface area contributed by atoms with Gasteiger partial charge in [0.15, 0.2) is 11.5 Å². The van der Waals surface area contributed by atoms with Gasteiger partial charge in [-0.2, -0.15) is 0 Å². The summed E-state index contributed by atoms with van der Waals surface area (Å²) in [7, 11) is 0. The van der Waals surface area contributed by atoms with E-state index in [-0.39, 0.29) is 5.56 Å². The van der Waals surface area contributed by atoms with Gasteiger partial charge in [-0.3, -0.25) is 14.3 Å². The molecule has 5 rings (SSSR count). The van der Waals surface area contributed by atoms with Crippen molar-refractivity contribution in [3.8, 4) is 0 Å². The van der Waals surface area contributed by atoms with Crippen LogP contribution in [-0.4, -0.2) is 67.2 Å². The third-order valence-corrected chi connectivity index (χ3v) is 5.85. The predicted octanol–water partition coefficient (Wildman–Crippen LogP) is 2.27. The maximum Gasteiger partial charge on any atom is 0.262 e. The minimum absolute atomic E-state index is 0.0283. The molecule has 0 saturated carbocycles. The van der Waals surface area contributed by atoms with Crippen molar-refractivity contribution < 1.29 is 4.74 Å². The molecule has 174 valence electrons. The summed E-state index contributed by atoms with van der Waals surface area (Å²) in [4.78, 5) is 34.2. The number of hydrogen-bond donors (Lipinski definition) is 2. The van der Waals surface area contributed by atoms with Crippen LogP contribution in [0.15, 0.2) is 35.6 Å². The number of imidazole rings is 1. The summed E-state index contributed by atoms with van der Waals surface area (Å²) in [5, 5.41) is 1.00. The molecule has 1 aliphatic heterocycles. The largest absolute Gasteiger partial charge is 0.382 e. The van der Waals surface area contributed by atoms with Crippen molar-refractivity contribution in [2.45, 2.75) is 26.3 Å². The van der Waals surface area contributed by atoms with E-state index < -0.39 is 0 Å². The SMILES string of the molecule is CCc1nc2cccc(Cl)c2c(=O)n1CCCN1CCOCC1.Nc1ncnc2nc[nH]c12. The molecule has 0 atom stereocenters. The molecule has 4 heterocycles. The third kappa shape index (κ3) is 5.29. The van der Waals surface area contributed by atoms with Crippen LogP contribution in [0.2, 0.25) is 5.02 Å². The van der Waals surface area contributed by atoms with E-state index in [1.54, 1.807) is 10.6 Å². The Labute approximate surface area is 195 Å². The maximum absolute atomic E-state index is 12.8. The number of nitrogens with zero attached hydrogens (tertiary/aromatic N) is 6. The van der Waals surface area contributed by atoms with Crippen LogP contribution in [0.1, 0.15) is 19.2 Å². The number of H-pyrrole nitrogens is 1. The molecule has 33 heavy (non-hydrogen) atoms. The number of morpholine rings is 1. The van der Waals surface area contributed by atoms with Gasteiger partial charge in [0.25, 0.3) is 5.56 Å². The molecule has 10 nitrogen and oxygen atoms in total. The van der Waals surface area contributed by atoms with Crippen molar-refractivity contribution in [3.05, 3.63) is 52.1 Å². The Hall–Kier alpha value is -3.08. The molecule has 0 unspecified atom stereocenters. The topological polar surface area (TPSA) is 128 Å². The summed E-state index contributed by atoms with van der Waals surface area (Å²) < 4.78 is 7.15. The molecule has 1 aliphatic rings. The second-order valence-corrected chi connectivity index (χ2v) is 8.05. The summed E-state index contributed by atoms with van der Waals surface area (Å²) in [6, 6.07) is 5.43. The monoisotopic (exact) mass is 470 g/mol. The molecule has 3 aromatic heterocycles. The molecule has 0 amide bonds. The first-order valence-corrected chi connectivity index (χ1v) is 11.3. The summed E-state index contributed by atoms with van der Waals surface area (Å²) in [5.74, 6) is 1.26. The molecule has 1 saturated heterocycles. The lowest BCUT2D eigenvalue weighted by Crippen LogP contribution is -2.37. The minimum Gasteiger partial charge on any atom is -0.382 e. The molecular weight excluding hydrogens is 444 g/mol. The average Bonchev–Trinajstić information content (AvgIpc) is 3.32. The van der Waals surface area contributed by atoms with Crippen LogP contribution in [0.4, 0.5) is 5.82 Å². The van der Waals surface area contributed by atoms with Crippen LogP contribution < -0.4 is 11.3 Å². The molecule has 3 N–H and O–H groups in total. The number of nitrogens with one attached hydrogen (secondary N) is 1. The number of aromatic amines is 1. The first-order chi connectivity index (χ1) is 16.1. The Kier molecular flexibility index (Phi) is 7.48. The lowest BCUT2D eigenvalue weighted by atomic mass is 10.2. The number of anilines is 1. The van der Waals surface area contributed by atoms with E-state index in [9.17, 15) is 4.79 Å². The van der Waals surface area contributed by atoms with Crippen molar-refractivity contribution in [3.63, 3.8) is 0 Å². The number of ether oxygens (including phenoxy) is 1. The highest BCUT2D eigenvalue weighted by Gasteiger charge is 2.14. The summed E-state index contributed by atoms with van der Waals surface area (Å²) in [5.41, 5.74) is 7.43. The number of aromatic nitrogens is 6. The summed E-state index contributed by atoms with van der Waals surface area (Å²) in [6.07, 6.45) is 4.58. The molecule has 0 spiro atoms. The van der Waals surface area contributed by atoms with Crippen molar-refractivity contribution >= 4 is 39.5 Å². The van der Waals surface area contributed by atoms with Gasteiger partial charge in [0.2, 0.25) is 0 Å². The first kappa shape index (κ1) is 23.1. The fourth-order valence-electron chi connectivity index (χ4n) is 3.83. The third-order valence-electron chi connectivity index (χ3n) is 5.54. The van der Waals surface area contributed by atoms with Gasteiger partial charge in [-0.15, -0.1) is 0 Å². The zero-order valence-corrected chi connectivity index (χ0v) is 19.3. The maximum atomic E-state index is 12.8.